The third-order valence-corrected chi connectivity index (χ3v) is 4.72. The van der Waals surface area contributed by atoms with E-state index in [1.807, 2.05) is 20.8 Å². The van der Waals surface area contributed by atoms with Crippen molar-refractivity contribution in [1.29, 1.82) is 0 Å². The summed E-state index contributed by atoms with van der Waals surface area (Å²) < 4.78 is 0. The summed E-state index contributed by atoms with van der Waals surface area (Å²) >= 11 is 1.36. The van der Waals surface area contributed by atoms with E-state index in [2.05, 4.69) is 10.3 Å². The number of nitro benzene ring substituents is 1. The quantitative estimate of drug-likeness (QED) is 0.590. The van der Waals surface area contributed by atoms with Gasteiger partial charge in [-0.2, -0.15) is 0 Å². The maximum Gasteiger partial charge on any atom is 0.269 e. The molecule has 1 atom stereocenters. The molecule has 1 N–H and O–H groups in total. The van der Waals surface area contributed by atoms with Gasteiger partial charge in [0.2, 0.25) is 5.91 Å². The van der Waals surface area contributed by atoms with E-state index < -0.39 is 4.92 Å². The van der Waals surface area contributed by atoms with E-state index in [4.69, 9.17) is 0 Å². The molecule has 0 aliphatic heterocycles. The van der Waals surface area contributed by atoms with Crippen molar-refractivity contribution in [2.75, 3.05) is 11.9 Å². The summed E-state index contributed by atoms with van der Waals surface area (Å²) in [5.41, 5.74) is 0.210. The zero-order valence-electron chi connectivity index (χ0n) is 14.8. The third kappa shape index (κ3) is 4.85. The average molecular weight is 376 g/mol. The number of carbonyl (C=O) groups excluding carboxylic acids is 2. The second kappa shape index (κ2) is 8.52. The Hall–Kier alpha value is -2.81. The highest BCUT2D eigenvalue weighted by Crippen LogP contribution is 2.18. The molecule has 0 fully saturated rings. The number of thiazole rings is 1. The van der Waals surface area contributed by atoms with E-state index in [1.165, 1.54) is 40.5 Å². The molecule has 2 rings (SSSR count). The molecule has 26 heavy (non-hydrogen) atoms. The van der Waals surface area contributed by atoms with E-state index in [9.17, 15) is 19.7 Å². The van der Waals surface area contributed by atoms with Crippen LogP contribution in [0.2, 0.25) is 0 Å². The Morgan fingerprint density at radius 1 is 1.35 bits per heavy atom. The average Bonchev–Trinajstić information content (AvgIpc) is 3.03. The Labute approximate surface area is 155 Å². The minimum Gasteiger partial charge on any atom is -0.327 e. The molecule has 2 aromatic rings. The van der Waals surface area contributed by atoms with Crippen LogP contribution >= 0.6 is 11.3 Å². The number of carbonyl (C=O) groups is 2. The Balaban J connectivity index is 2.13. The Morgan fingerprint density at radius 3 is 2.50 bits per heavy atom. The second-order valence-corrected chi connectivity index (χ2v) is 7.05. The molecule has 0 unspecified atom stereocenters. The molecule has 1 aromatic carbocycles. The normalized spacial score (nSPS) is 11.7. The highest BCUT2D eigenvalue weighted by atomic mass is 32.1. The van der Waals surface area contributed by atoms with Gasteiger partial charge in [-0.3, -0.25) is 19.7 Å². The molecule has 0 spiro atoms. The fraction of sp³-hybridized carbons (Fsp3) is 0.353. The van der Waals surface area contributed by atoms with Gasteiger partial charge in [-0.05, 0) is 32.4 Å². The van der Waals surface area contributed by atoms with Gasteiger partial charge in [-0.1, -0.05) is 6.92 Å². The number of nitro groups is 1. The van der Waals surface area contributed by atoms with Crippen molar-refractivity contribution in [3.8, 4) is 0 Å². The van der Waals surface area contributed by atoms with Crippen molar-refractivity contribution in [3.05, 3.63) is 51.0 Å². The molecular formula is C17H20N4O4S. The summed E-state index contributed by atoms with van der Waals surface area (Å²) in [5, 5.41) is 13.9. The van der Waals surface area contributed by atoms with Gasteiger partial charge in [0.15, 0.2) is 5.13 Å². The maximum absolute atomic E-state index is 12.8. The minimum absolute atomic E-state index is 0.0893. The monoisotopic (exact) mass is 376 g/mol. The molecule has 0 aliphatic carbocycles. The highest BCUT2D eigenvalue weighted by molar-refractivity contribution is 7.15. The first-order valence-electron chi connectivity index (χ1n) is 8.09. The molecule has 9 heteroatoms. The molecule has 138 valence electrons. The van der Waals surface area contributed by atoms with Crippen molar-refractivity contribution in [2.45, 2.75) is 33.2 Å². The number of nitrogens with zero attached hydrogens (tertiary/aromatic N) is 3. The van der Waals surface area contributed by atoms with E-state index in [0.29, 0.717) is 17.1 Å². The summed E-state index contributed by atoms with van der Waals surface area (Å²) in [4.78, 5) is 41.8. The number of aromatic nitrogens is 1. The largest absolute Gasteiger partial charge is 0.327 e. The number of amides is 2. The van der Waals surface area contributed by atoms with Crippen LogP contribution < -0.4 is 5.32 Å². The predicted molar refractivity (Wildman–Crippen MR) is 99.4 cm³/mol. The van der Waals surface area contributed by atoms with Gasteiger partial charge >= 0.3 is 0 Å². The minimum atomic E-state index is -0.524. The summed E-state index contributed by atoms with van der Waals surface area (Å²) in [6.07, 6.45) is 2.33. The Bertz CT molecular complexity index is 803. The smallest absolute Gasteiger partial charge is 0.269 e. The molecule has 0 saturated carbocycles. The van der Waals surface area contributed by atoms with Gasteiger partial charge in [-0.15, -0.1) is 11.3 Å². The molecule has 1 heterocycles. The van der Waals surface area contributed by atoms with Crippen LogP contribution in [-0.2, 0) is 4.79 Å². The highest BCUT2D eigenvalue weighted by Gasteiger charge is 2.24. The first-order valence-corrected chi connectivity index (χ1v) is 8.91. The zero-order chi connectivity index (χ0) is 19.3. The Kier molecular flexibility index (Phi) is 6.40. The topological polar surface area (TPSA) is 105 Å². The lowest BCUT2D eigenvalue weighted by Gasteiger charge is -2.28. The van der Waals surface area contributed by atoms with Gasteiger partial charge in [0, 0.05) is 34.8 Å². The summed E-state index contributed by atoms with van der Waals surface area (Å²) in [6.45, 7) is 5.54. The van der Waals surface area contributed by atoms with Gasteiger partial charge in [0.05, 0.1) is 4.92 Å². The molecule has 1 aromatic heterocycles. The lowest BCUT2D eigenvalue weighted by Crippen LogP contribution is -2.43. The van der Waals surface area contributed by atoms with Crippen LogP contribution in [0.4, 0.5) is 10.8 Å². The number of hydrogen-bond acceptors (Lipinski definition) is 6. The fourth-order valence-corrected chi connectivity index (χ4v) is 2.95. The summed E-state index contributed by atoms with van der Waals surface area (Å²) in [5.74, 6) is -0.686. The van der Waals surface area contributed by atoms with Crippen LogP contribution in [0.25, 0.3) is 0 Å². The third-order valence-electron chi connectivity index (χ3n) is 3.89. The zero-order valence-corrected chi connectivity index (χ0v) is 15.6. The van der Waals surface area contributed by atoms with Gasteiger partial charge < -0.3 is 10.2 Å². The second-order valence-electron chi connectivity index (χ2n) is 5.82. The predicted octanol–water partition coefficient (Wildman–Crippen LogP) is 3.24. The summed E-state index contributed by atoms with van der Waals surface area (Å²) in [6, 6.07) is 5.19. The van der Waals surface area contributed by atoms with Crippen molar-refractivity contribution >= 4 is 34.0 Å². The van der Waals surface area contributed by atoms with Crippen molar-refractivity contribution in [1.82, 2.24) is 9.88 Å². The van der Waals surface area contributed by atoms with Crippen LogP contribution in [0.15, 0.2) is 30.5 Å². The van der Waals surface area contributed by atoms with E-state index in [-0.39, 0.29) is 30.1 Å². The van der Waals surface area contributed by atoms with Crippen LogP contribution in [0.5, 0.6) is 0 Å². The Morgan fingerprint density at radius 2 is 2.00 bits per heavy atom. The number of anilines is 1. The van der Waals surface area contributed by atoms with Gasteiger partial charge in [-0.25, -0.2) is 4.98 Å². The van der Waals surface area contributed by atoms with Gasteiger partial charge in [0.1, 0.15) is 6.54 Å². The van der Waals surface area contributed by atoms with E-state index >= 15 is 0 Å². The van der Waals surface area contributed by atoms with Crippen molar-refractivity contribution < 1.29 is 14.5 Å². The first kappa shape index (κ1) is 19.5. The SMILES string of the molecule is CC[C@H](C)N(CC(=O)Nc1ncc(C)s1)C(=O)c1ccc([N+](=O)[O-])cc1. The molecule has 2 amide bonds. The molecule has 0 radical (unpaired) electrons. The van der Waals surface area contributed by atoms with E-state index in [0.717, 1.165) is 4.88 Å². The number of benzene rings is 1. The van der Waals surface area contributed by atoms with E-state index in [1.54, 1.807) is 6.20 Å². The molecule has 0 saturated heterocycles. The van der Waals surface area contributed by atoms with Crippen LogP contribution in [-0.4, -0.2) is 39.2 Å². The lowest BCUT2D eigenvalue weighted by atomic mass is 10.1. The van der Waals surface area contributed by atoms with Crippen LogP contribution in [0, 0.1) is 17.0 Å². The maximum atomic E-state index is 12.8. The molecule has 0 bridgehead atoms. The summed E-state index contributed by atoms with van der Waals surface area (Å²) in [7, 11) is 0. The van der Waals surface area contributed by atoms with Crippen LogP contribution in [0.3, 0.4) is 0 Å². The number of aryl methyl sites for hydroxylation is 1. The van der Waals surface area contributed by atoms with Crippen molar-refractivity contribution in [3.63, 3.8) is 0 Å². The van der Waals surface area contributed by atoms with Gasteiger partial charge in [0.25, 0.3) is 11.6 Å². The number of hydrogen-bond donors (Lipinski definition) is 1. The van der Waals surface area contributed by atoms with Crippen molar-refractivity contribution in [2.24, 2.45) is 0 Å². The number of rotatable bonds is 7. The number of nitrogens with one attached hydrogen (secondary N) is 1. The first-order chi connectivity index (χ1) is 12.3. The standard InChI is InChI=1S/C17H20N4O4S/c1-4-11(2)20(10-15(22)19-17-18-9-12(3)26-17)16(23)13-5-7-14(8-6-13)21(24)25/h5-9,11H,4,10H2,1-3H3,(H,18,19,22)/t11-/m0/s1. The number of non-ortho nitro benzene ring substituents is 1. The van der Waals surface area contributed by atoms with Crippen LogP contribution in [0.1, 0.15) is 35.5 Å². The fourth-order valence-electron chi connectivity index (χ4n) is 2.27. The molecule has 0 aliphatic rings. The molecule has 8 nitrogen and oxygen atoms in total. The lowest BCUT2D eigenvalue weighted by molar-refractivity contribution is -0.384. The molecular weight excluding hydrogens is 356 g/mol.